The molecule has 0 spiro atoms. The van der Waals surface area contributed by atoms with Crippen molar-refractivity contribution in [2.24, 2.45) is 0 Å². The molecule has 0 radical (unpaired) electrons. The average molecular weight is 321 g/mol. The number of nitrogens with zero attached hydrogens (tertiary/aromatic N) is 2. The first-order chi connectivity index (χ1) is 8.60. The molecular formula is C12H21BrN2O3. The van der Waals surface area contributed by atoms with Gasteiger partial charge in [0.25, 0.3) is 0 Å². The Bertz CT molecular complexity index is 357. The van der Waals surface area contributed by atoms with Gasteiger partial charge in [-0.3, -0.25) is 4.68 Å². The number of halogens is 1. The van der Waals surface area contributed by atoms with Crippen LogP contribution in [0.3, 0.4) is 0 Å². The second-order valence-electron chi connectivity index (χ2n) is 4.23. The van der Waals surface area contributed by atoms with E-state index in [1.165, 1.54) is 0 Å². The number of aliphatic hydroxyl groups is 1. The first-order valence-corrected chi connectivity index (χ1v) is 6.80. The highest BCUT2D eigenvalue weighted by Crippen LogP contribution is 2.27. The summed E-state index contributed by atoms with van der Waals surface area (Å²) in [6.45, 7) is 3.20. The van der Waals surface area contributed by atoms with E-state index in [2.05, 4.69) is 21.0 Å². The van der Waals surface area contributed by atoms with Crippen LogP contribution in [0.4, 0.5) is 0 Å². The molecule has 1 rings (SSSR count). The third kappa shape index (κ3) is 4.35. The topological polar surface area (TPSA) is 56.5 Å². The van der Waals surface area contributed by atoms with Crippen LogP contribution in [-0.4, -0.2) is 41.8 Å². The minimum Gasteiger partial charge on any atom is -0.387 e. The summed E-state index contributed by atoms with van der Waals surface area (Å²) in [5, 5.41) is 14.4. The van der Waals surface area contributed by atoms with E-state index in [0.29, 0.717) is 19.6 Å². The predicted octanol–water partition coefficient (Wildman–Crippen LogP) is 2.14. The van der Waals surface area contributed by atoms with Crippen LogP contribution in [0, 0.1) is 0 Å². The van der Waals surface area contributed by atoms with Crippen LogP contribution in [0.1, 0.15) is 31.6 Å². The van der Waals surface area contributed by atoms with Crippen molar-refractivity contribution < 1.29 is 14.6 Å². The monoisotopic (exact) mass is 320 g/mol. The molecule has 0 aliphatic heterocycles. The van der Waals surface area contributed by atoms with E-state index < -0.39 is 6.10 Å². The summed E-state index contributed by atoms with van der Waals surface area (Å²) in [6, 6.07) is 0. The summed E-state index contributed by atoms with van der Waals surface area (Å²) in [4.78, 5) is 0. The molecule has 0 aromatic carbocycles. The molecule has 6 heteroatoms. The van der Waals surface area contributed by atoms with Gasteiger partial charge in [-0.25, -0.2) is 0 Å². The smallest absolute Gasteiger partial charge is 0.0969 e. The normalized spacial score (nSPS) is 14.7. The van der Waals surface area contributed by atoms with Gasteiger partial charge in [0, 0.05) is 14.2 Å². The van der Waals surface area contributed by atoms with Gasteiger partial charge in [0.1, 0.15) is 0 Å². The Morgan fingerprint density at radius 1 is 1.44 bits per heavy atom. The quantitative estimate of drug-likeness (QED) is 0.797. The zero-order chi connectivity index (χ0) is 13.5. The minimum absolute atomic E-state index is 0.147. The van der Waals surface area contributed by atoms with E-state index in [-0.39, 0.29) is 6.10 Å². The standard InChI is InChI=1S/C12H21BrN2O3/c1-9(18-3)4-5-11(16)12-10(13)8-14-15(12)6-7-17-2/h8-9,11,16H,4-7H2,1-3H3. The van der Waals surface area contributed by atoms with Crippen molar-refractivity contribution in [3.8, 4) is 0 Å². The van der Waals surface area contributed by atoms with E-state index in [0.717, 1.165) is 16.6 Å². The predicted molar refractivity (Wildman–Crippen MR) is 72.5 cm³/mol. The van der Waals surface area contributed by atoms with Gasteiger partial charge in [-0.15, -0.1) is 0 Å². The van der Waals surface area contributed by atoms with E-state index in [1.807, 2.05) is 6.92 Å². The highest BCUT2D eigenvalue weighted by Gasteiger charge is 2.18. The van der Waals surface area contributed by atoms with Crippen molar-refractivity contribution in [1.82, 2.24) is 9.78 Å². The van der Waals surface area contributed by atoms with E-state index in [9.17, 15) is 5.11 Å². The maximum absolute atomic E-state index is 10.2. The lowest BCUT2D eigenvalue weighted by Crippen LogP contribution is -2.14. The maximum atomic E-state index is 10.2. The maximum Gasteiger partial charge on any atom is 0.0969 e. The number of methoxy groups -OCH3 is 2. The van der Waals surface area contributed by atoms with Gasteiger partial charge in [-0.05, 0) is 35.7 Å². The first-order valence-electron chi connectivity index (χ1n) is 6.01. The lowest BCUT2D eigenvalue weighted by molar-refractivity contribution is 0.0813. The van der Waals surface area contributed by atoms with Gasteiger partial charge in [0.2, 0.25) is 0 Å². The van der Waals surface area contributed by atoms with Crippen molar-refractivity contribution >= 4 is 15.9 Å². The number of aromatic nitrogens is 2. The zero-order valence-corrected chi connectivity index (χ0v) is 12.7. The molecule has 0 saturated carbocycles. The van der Waals surface area contributed by atoms with Crippen molar-refractivity contribution in [2.75, 3.05) is 20.8 Å². The first kappa shape index (κ1) is 15.6. The van der Waals surface area contributed by atoms with Crippen molar-refractivity contribution in [2.45, 2.75) is 38.5 Å². The number of rotatable bonds is 8. The van der Waals surface area contributed by atoms with Gasteiger partial charge >= 0.3 is 0 Å². The summed E-state index contributed by atoms with van der Waals surface area (Å²) < 4.78 is 12.8. The number of hydrogen-bond acceptors (Lipinski definition) is 4. The minimum atomic E-state index is -0.545. The van der Waals surface area contributed by atoms with Crippen LogP contribution in [0.25, 0.3) is 0 Å². The molecular weight excluding hydrogens is 300 g/mol. The molecule has 0 bridgehead atoms. The number of aliphatic hydroxyl groups excluding tert-OH is 1. The molecule has 5 nitrogen and oxygen atoms in total. The fourth-order valence-electron chi connectivity index (χ4n) is 1.71. The molecule has 0 saturated heterocycles. The van der Waals surface area contributed by atoms with E-state index >= 15 is 0 Å². The third-order valence-corrected chi connectivity index (χ3v) is 3.52. The van der Waals surface area contributed by atoms with Crippen molar-refractivity contribution in [3.63, 3.8) is 0 Å². The molecule has 0 amide bonds. The van der Waals surface area contributed by atoms with Crippen LogP contribution in [-0.2, 0) is 16.0 Å². The highest BCUT2D eigenvalue weighted by atomic mass is 79.9. The zero-order valence-electron chi connectivity index (χ0n) is 11.1. The van der Waals surface area contributed by atoms with E-state index in [1.54, 1.807) is 25.1 Å². The summed E-state index contributed by atoms with van der Waals surface area (Å²) >= 11 is 3.42. The van der Waals surface area contributed by atoms with Gasteiger partial charge in [-0.2, -0.15) is 5.10 Å². The van der Waals surface area contributed by atoms with E-state index in [4.69, 9.17) is 9.47 Å². The fourth-order valence-corrected chi connectivity index (χ4v) is 2.27. The van der Waals surface area contributed by atoms with Crippen molar-refractivity contribution in [1.29, 1.82) is 0 Å². The molecule has 0 aliphatic rings. The average Bonchev–Trinajstić information content (AvgIpc) is 2.74. The van der Waals surface area contributed by atoms with Crippen LogP contribution >= 0.6 is 15.9 Å². The Morgan fingerprint density at radius 2 is 2.17 bits per heavy atom. The molecule has 1 aromatic heterocycles. The summed E-state index contributed by atoms with van der Waals surface area (Å²) in [6.07, 6.45) is 2.75. The Morgan fingerprint density at radius 3 is 2.78 bits per heavy atom. The fraction of sp³-hybridized carbons (Fsp3) is 0.750. The molecule has 18 heavy (non-hydrogen) atoms. The molecule has 104 valence electrons. The summed E-state index contributed by atoms with van der Waals surface area (Å²) in [5.41, 5.74) is 0.801. The molecule has 0 aliphatic carbocycles. The molecule has 1 N–H and O–H groups in total. The summed E-state index contributed by atoms with van der Waals surface area (Å²) in [5.74, 6) is 0. The SMILES string of the molecule is COCCn1ncc(Br)c1C(O)CCC(C)OC. The van der Waals surface area contributed by atoms with Gasteiger partial charge in [-0.1, -0.05) is 0 Å². The molecule has 0 fully saturated rings. The molecule has 1 heterocycles. The lowest BCUT2D eigenvalue weighted by Gasteiger charge is -2.16. The van der Waals surface area contributed by atoms with Gasteiger partial charge < -0.3 is 14.6 Å². The Labute approximate surface area is 116 Å². The largest absolute Gasteiger partial charge is 0.387 e. The number of ether oxygens (including phenoxy) is 2. The Kier molecular flexibility index (Phi) is 6.85. The molecule has 2 unspecified atom stereocenters. The highest BCUT2D eigenvalue weighted by molar-refractivity contribution is 9.10. The van der Waals surface area contributed by atoms with Gasteiger partial charge in [0.15, 0.2) is 0 Å². The van der Waals surface area contributed by atoms with Gasteiger partial charge in [0.05, 0.1) is 41.7 Å². The van der Waals surface area contributed by atoms with Crippen LogP contribution in [0.5, 0.6) is 0 Å². The second-order valence-corrected chi connectivity index (χ2v) is 5.09. The third-order valence-electron chi connectivity index (χ3n) is 2.91. The van der Waals surface area contributed by atoms with Crippen molar-refractivity contribution in [3.05, 3.63) is 16.4 Å². The van der Waals surface area contributed by atoms with Crippen LogP contribution < -0.4 is 0 Å². The summed E-state index contributed by atoms with van der Waals surface area (Å²) in [7, 11) is 3.32. The molecule has 2 atom stereocenters. The van der Waals surface area contributed by atoms with Crippen LogP contribution in [0.2, 0.25) is 0 Å². The van der Waals surface area contributed by atoms with Crippen LogP contribution in [0.15, 0.2) is 10.7 Å². The number of hydrogen-bond donors (Lipinski definition) is 1. The second kappa shape index (κ2) is 7.89. The lowest BCUT2D eigenvalue weighted by atomic mass is 10.1. The molecule has 1 aromatic rings. The Hall–Kier alpha value is -0.430. The Balaban J connectivity index is 2.65.